The van der Waals surface area contributed by atoms with Gasteiger partial charge in [-0.15, -0.1) is 0 Å². The van der Waals surface area contributed by atoms with E-state index in [1.807, 2.05) is 11.8 Å². The molecule has 0 N–H and O–H groups in total. The maximum atomic E-state index is 7.04. The third-order valence-corrected chi connectivity index (χ3v) is 20.5. The molecular weight excluding hydrogens is 832 g/mol. The molecule has 0 saturated carbocycles. The minimum Gasteiger partial charge on any atom is -0.458 e. The summed E-state index contributed by atoms with van der Waals surface area (Å²) in [5.74, 6) is 1.85. The predicted molar refractivity (Wildman–Crippen MR) is 286 cm³/mol. The number of benzene rings is 9. The summed E-state index contributed by atoms with van der Waals surface area (Å²) in [6, 6.07) is 71.2. The molecule has 3 aliphatic heterocycles. The predicted octanol–water partition coefficient (Wildman–Crippen LogP) is 8.30. The highest BCUT2D eigenvalue weighted by Gasteiger charge is 2.49. The number of fused-ring (bicyclic) bond motifs is 6. The van der Waals surface area contributed by atoms with E-state index in [0.717, 1.165) is 17.2 Å². The highest BCUT2D eigenvalue weighted by Crippen LogP contribution is 2.44. The molecule has 9 aromatic carbocycles. The zero-order valence-electron chi connectivity index (χ0n) is 38.3. The molecule has 3 aliphatic rings. The molecule has 3 heterocycles. The van der Waals surface area contributed by atoms with E-state index in [1.165, 1.54) is 108 Å². The van der Waals surface area contributed by atoms with Crippen LogP contribution in [0.4, 0.5) is 17.1 Å². The highest BCUT2D eigenvalue weighted by atomic mass is 32.2. The molecule has 316 valence electrons. The molecule has 0 saturated heterocycles. The van der Waals surface area contributed by atoms with Crippen molar-refractivity contribution in [1.82, 2.24) is 0 Å². The first-order valence-corrected chi connectivity index (χ1v) is 26.0. The number of para-hydroxylation sites is 3. The van der Waals surface area contributed by atoms with Crippen LogP contribution in [-0.2, 0) is 0 Å². The van der Waals surface area contributed by atoms with Crippen LogP contribution in [0, 0.1) is 41.5 Å². The van der Waals surface area contributed by atoms with Gasteiger partial charge in [0.1, 0.15) is 11.5 Å². The van der Waals surface area contributed by atoms with Gasteiger partial charge in [-0.25, -0.2) is 0 Å². The van der Waals surface area contributed by atoms with Gasteiger partial charge in [0, 0.05) is 27.2 Å². The van der Waals surface area contributed by atoms with Crippen LogP contribution in [0.15, 0.2) is 198 Å². The van der Waals surface area contributed by atoms with Gasteiger partial charge in [0.15, 0.2) is 8.07 Å². The van der Waals surface area contributed by atoms with E-state index in [-0.39, 0.29) is 13.4 Å². The Morgan fingerprint density at radius 3 is 1.56 bits per heavy atom. The fourth-order valence-corrected chi connectivity index (χ4v) is 18.6. The third-order valence-electron chi connectivity index (χ3n) is 14.6. The first-order valence-electron chi connectivity index (χ1n) is 23.2. The third kappa shape index (κ3) is 6.18. The van der Waals surface area contributed by atoms with Crippen molar-refractivity contribution >= 4 is 104 Å². The van der Waals surface area contributed by atoms with Gasteiger partial charge < -0.3 is 9.64 Å². The van der Waals surface area contributed by atoms with Crippen LogP contribution < -0.4 is 63.2 Å². The van der Waals surface area contributed by atoms with E-state index >= 15 is 0 Å². The first-order chi connectivity index (χ1) is 32.2. The van der Waals surface area contributed by atoms with Gasteiger partial charge in [-0.05, 0) is 97.5 Å². The van der Waals surface area contributed by atoms with E-state index in [2.05, 4.69) is 234 Å². The van der Waals surface area contributed by atoms with E-state index < -0.39 is 8.07 Å². The van der Waals surface area contributed by atoms with Crippen LogP contribution >= 0.6 is 11.8 Å². The molecule has 66 heavy (non-hydrogen) atoms. The zero-order chi connectivity index (χ0) is 44.8. The summed E-state index contributed by atoms with van der Waals surface area (Å²) < 4.78 is 7.04. The molecule has 0 spiro atoms. The Labute approximate surface area is 395 Å². The molecule has 2 nitrogen and oxygen atoms in total. The normalized spacial score (nSPS) is 13.7. The first kappa shape index (κ1) is 40.8. The average molecular weight is 882 g/mol. The standard InChI is InChI=1S/C60H49B2NOSSi/c1-38-31-40(3)58(41(4)32-38)61(59-42(5)33-39(2)34-43(59)6)44-29-30-49-54(35-44)65-55-37-45(36-53-60(55)62(49)48-23-13-16-26-52(48)64-53)63-50-24-14-17-27-56(50)66(46-19-9-7-10-20-46,47-21-11-8-12-22-47)57-28-18-15-25-51(57)63/h7-37H,1-6H3. The van der Waals surface area contributed by atoms with Crippen LogP contribution in [0.25, 0.3) is 0 Å². The van der Waals surface area contributed by atoms with Crippen LogP contribution in [0.1, 0.15) is 33.4 Å². The van der Waals surface area contributed by atoms with Gasteiger partial charge >= 0.3 is 0 Å². The molecule has 0 radical (unpaired) electrons. The number of anilines is 3. The molecule has 0 unspecified atom stereocenters. The summed E-state index contributed by atoms with van der Waals surface area (Å²) in [5.41, 5.74) is 19.5. The average Bonchev–Trinajstić information content (AvgIpc) is 3.32. The molecule has 0 aliphatic carbocycles. The van der Waals surface area contributed by atoms with E-state index in [0.29, 0.717) is 0 Å². The number of ether oxygens (including phenoxy) is 1. The lowest BCUT2D eigenvalue weighted by Gasteiger charge is -2.45. The summed E-state index contributed by atoms with van der Waals surface area (Å²) in [6.07, 6.45) is 0. The highest BCUT2D eigenvalue weighted by molar-refractivity contribution is 8.00. The molecule has 0 amide bonds. The second-order valence-electron chi connectivity index (χ2n) is 18.7. The molecule has 0 fully saturated rings. The molecule has 9 aromatic rings. The molecule has 6 heteroatoms. The van der Waals surface area contributed by atoms with Crippen molar-refractivity contribution in [2.24, 2.45) is 0 Å². The molecule has 0 aromatic heterocycles. The van der Waals surface area contributed by atoms with E-state index in [4.69, 9.17) is 4.74 Å². The molecule has 0 atom stereocenters. The largest absolute Gasteiger partial charge is 0.458 e. The van der Waals surface area contributed by atoms with Crippen molar-refractivity contribution in [1.29, 1.82) is 0 Å². The Morgan fingerprint density at radius 1 is 0.470 bits per heavy atom. The summed E-state index contributed by atoms with van der Waals surface area (Å²) in [5, 5.41) is 5.53. The van der Waals surface area contributed by atoms with Crippen molar-refractivity contribution in [2.75, 3.05) is 4.90 Å². The van der Waals surface area contributed by atoms with Gasteiger partial charge in [-0.3, -0.25) is 0 Å². The molecular formula is C60H49B2NOSSi. The fraction of sp³-hybridized carbons (Fsp3) is 0.100. The Balaban J connectivity index is 1.07. The smallest absolute Gasteiger partial charge is 0.253 e. The number of nitrogens with zero attached hydrogens (tertiary/aromatic N) is 1. The zero-order valence-corrected chi connectivity index (χ0v) is 40.1. The van der Waals surface area contributed by atoms with Gasteiger partial charge in [-0.1, -0.05) is 225 Å². The van der Waals surface area contributed by atoms with Gasteiger partial charge in [-0.2, -0.15) is 0 Å². The minimum absolute atomic E-state index is 0.0422. The summed E-state index contributed by atoms with van der Waals surface area (Å²) >= 11 is 1.90. The Hall–Kier alpha value is -6.72. The lowest BCUT2D eigenvalue weighted by molar-refractivity contribution is 0.486. The van der Waals surface area contributed by atoms with Crippen LogP contribution in [0.5, 0.6) is 11.5 Å². The fourth-order valence-electron chi connectivity index (χ4n) is 12.2. The minimum atomic E-state index is -2.77. The van der Waals surface area contributed by atoms with Gasteiger partial charge in [0.25, 0.3) is 6.71 Å². The second-order valence-corrected chi connectivity index (χ2v) is 23.6. The van der Waals surface area contributed by atoms with E-state index in [1.54, 1.807) is 0 Å². The number of rotatable bonds is 6. The number of hydrogen-bond acceptors (Lipinski definition) is 3. The monoisotopic (exact) mass is 881 g/mol. The Morgan fingerprint density at radius 2 is 0.985 bits per heavy atom. The quantitative estimate of drug-likeness (QED) is 0.156. The van der Waals surface area contributed by atoms with Crippen molar-refractivity contribution in [2.45, 2.75) is 51.3 Å². The van der Waals surface area contributed by atoms with Crippen molar-refractivity contribution < 1.29 is 4.74 Å². The van der Waals surface area contributed by atoms with Gasteiger partial charge in [0.2, 0.25) is 6.71 Å². The lowest BCUT2D eigenvalue weighted by Crippen LogP contribution is -2.77. The topological polar surface area (TPSA) is 12.5 Å². The van der Waals surface area contributed by atoms with Crippen molar-refractivity contribution in [3.8, 4) is 11.5 Å². The molecule has 12 rings (SSSR count). The SMILES string of the molecule is Cc1cc(C)c(B(c2ccc3c(c2)Sc2cc(N4c5ccccc5[Si](c5ccccc5)(c5ccccc5)c5ccccc54)cc4c2B3c2ccccc2O4)c2c(C)cc(C)cc2C)c(C)c1. The maximum Gasteiger partial charge on any atom is 0.253 e. The summed E-state index contributed by atoms with van der Waals surface area (Å²) in [6.45, 7) is 13.8. The Bertz CT molecular complexity index is 3230. The van der Waals surface area contributed by atoms with Crippen LogP contribution in [0.2, 0.25) is 0 Å². The van der Waals surface area contributed by atoms with Gasteiger partial charge in [0.05, 0.1) is 5.69 Å². The maximum absolute atomic E-state index is 7.04. The van der Waals surface area contributed by atoms with Crippen LogP contribution in [0.3, 0.4) is 0 Å². The number of aryl methyl sites for hydroxylation is 6. The summed E-state index contributed by atoms with van der Waals surface area (Å²) in [7, 11) is -2.77. The number of hydrogen-bond donors (Lipinski definition) is 0. The van der Waals surface area contributed by atoms with Crippen molar-refractivity contribution in [3.05, 3.63) is 221 Å². The summed E-state index contributed by atoms with van der Waals surface area (Å²) in [4.78, 5) is 5.06. The van der Waals surface area contributed by atoms with E-state index in [9.17, 15) is 0 Å². The molecule has 0 bridgehead atoms. The second kappa shape index (κ2) is 15.7. The Kier molecular flexibility index (Phi) is 9.71. The lowest BCUT2D eigenvalue weighted by atomic mass is 9.33. The van der Waals surface area contributed by atoms with Crippen molar-refractivity contribution in [3.63, 3.8) is 0 Å². The van der Waals surface area contributed by atoms with Crippen LogP contribution in [-0.4, -0.2) is 21.5 Å².